The van der Waals surface area contributed by atoms with E-state index in [4.69, 9.17) is 28.6 Å². The molecule has 0 bridgehead atoms. The fraction of sp³-hybridized carbons (Fsp3) is 0.250. The minimum absolute atomic E-state index is 0.282. The minimum Gasteiger partial charge on any atom is -0.462 e. The Morgan fingerprint density at radius 2 is 1.88 bits per heavy atom. The molecule has 2 N–H and O–H groups in total. The number of thiophene rings is 1. The van der Waals surface area contributed by atoms with Crippen LogP contribution in [0.1, 0.15) is 40.6 Å². The normalized spacial score (nSPS) is 12.7. The molecule has 0 fully saturated rings. The number of thiocarbonyl (C=S) groups is 1. The van der Waals surface area contributed by atoms with Crippen LogP contribution in [-0.2, 0) is 17.6 Å². The van der Waals surface area contributed by atoms with Crippen LogP contribution in [0.2, 0.25) is 5.02 Å². The Kier molecular flexibility index (Phi) is 7.73. The summed E-state index contributed by atoms with van der Waals surface area (Å²) in [6.45, 7) is 2.17. The summed E-state index contributed by atoms with van der Waals surface area (Å²) in [5, 5.41) is 8.48. The highest BCUT2D eigenvalue weighted by atomic mass is 35.5. The van der Waals surface area contributed by atoms with Crippen LogP contribution in [0.4, 0.5) is 10.7 Å². The first-order valence-electron chi connectivity index (χ1n) is 10.5. The fourth-order valence-electron chi connectivity index (χ4n) is 3.62. The number of hydrogen-bond donors (Lipinski definition) is 2. The molecule has 166 valence electrons. The third kappa shape index (κ3) is 5.46. The lowest BCUT2D eigenvalue weighted by molar-refractivity contribution is 0.0526. The molecule has 0 atom stereocenters. The summed E-state index contributed by atoms with van der Waals surface area (Å²) >= 11 is 14.9. The second kappa shape index (κ2) is 10.7. The van der Waals surface area contributed by atoms with Gasteiger partial charge in [0.25, 0.3) is 0 Å². The van der Waals surface area contributed by atoms with E-state index < -0.39 is 0 Å². The molecule has 1 heterocycles. The zero-order valence-corrected chi connectivity index (χ0v) is 20.8. The molecule has 0 radical (unpaired) electrons. The number of ether oxygens (including phenoxy) is 1. The van der Waals surface area contributed by atoms with Crippen molar-refractivity contribution in [3.63, 3.8) is 0 Å². The largest absolute Gasteiger partial charge is 0.462 e. The van der Waals surface area contributed by atoms with Gasteiger partial charge in [-0.15, -0.1) is 11.3 Å². The monoisotopic (exact) mass is 502 g/mol. The first-order valence-corrected chi connectivity index (χ1v) is 12.9. The molecule has 0 saturated carbocycles. The second-order valence-corrected chi connectivity index (χ2v) is 10.3. The molecule has 3 aromatic rings. The van der Waals surface area contributed by atoms with Crippen molar-refractivity contribution in [2.75, 3.05) is 17.2 Å². The van der Waals surface area contributed by atoms with Crippen molar-refractivity contribution < 1.29 is 9.53 Å². The van der Waals surface area contributed by atoms with Gasteiger partial charge in [0.2, 0.25) is 0 Å². The Hall–Kier alpha value is -2.06. The first-order chi connectivity index (χ1) is 15.5. The van der Waals surface area contributed by atoms with Gasteiger partial charge in [-0.3, -0.25) is 0 Å². The summed E-state index contributed by atoms with van der Waals surface area (Å²) in [6, 6.07) is 15.7. The molecule has 1 aliphatic rings. The lowest BCUT2D eigenvalue weighted by Gasteiger charge is -2.14. The summed E-state index contributed by atoms with van der Waals surface area (Å²) in [4.78, 5) is 16.1. The smallest absolute Gasteiger partial charge is 0.341 e. The van der Waals surface area contributed by atoms with E-state index >= 15 is 0 Å². The van der Waals surface area contributed by atoms with Gasteiger partial charge in [0.1, 0.15) is 5.00 Å². The molecule has 8 heteroatoms. The van der Waals surface area contributed by atoms with E-state index in [2.05, 4.69) is 10.6 Å². The van der Waals surface area contributed by atoms with Gasteiger partial charge in [0, 0.05) is 19.7 Å². The summed E-state index contributed by atoms with van der Waals surface area (Å²) in [5.41, 5.74) is 2.65. The average Bonchev–Trinajstić information content (AvgIpc) is 3.14. The molecule has 4 rings (SSSR count). The molecular formula is C24H23ClN2O2S3. The Balaban J connectivity index is 1.53. The number of para-hydroxylation sites is 1. The predicted molar refractivity (Wildman–Crippen MR) is 139 cm³/mol. The van der Waals surface area contributed by atoms with E-state index in [0.29, 0.717) is 22.3 Å². The number of nitrogens with one attached hydrogen (secondary N) is 2. The molecule has 0 aliphatic heterocycles. The molecule has 32 heavy (non-hydrogen) atoms. The van der Waals surface area contributed by atoms with Crippen LogP contribution in [-0.4, -0.2) is 17.7 Å². The van der Waals surface area contributed by atoms with Crippen LogP contribution in [0.3, 0.4) is 0 Å². The summed E-state index contributed by atoms with van der Waals surface area (Å²) < 4.78 is 5.34. The number of esters is 1. The number of carbonyl (C=O) groups excluding carboxylic acids is 1. The highest BCUT2D eigenvalue weighted by molar-refractivity contribution is 7.99. The summed E-state index contributed by atoms with van der Waals surface area (Å²) in [7, 11) is 0. The van der Waals surface area contributed by atoms with Gasteiger partial charge in [0.15, 0.2) is 5.11 Å². The van der Waals surface area contributed by atoms with Crippen LogP contribution in [0.25, 0.3) is 0 Å². The van der Waals surface area contributed by atoms with Gasteiger partial charge < -0.3 is 15.4 Å². The number of benzene rings is 2. The van der Waals surface area contributed by atoms with Gasteiger partial charge in [-0.2, -0.15) is 0 Å². The maximum Gasteiger partial charge on any atom is 0.341 e. The molecule has 1 aromatic heterocycles. The summed E-state index contributed by atoms with van der Waals surface area (Å²) in [6.07, 6.45) is 4.14. The van der Waals surface area contributed by atoms with Crippen molar-refractivity contribution in [3.8, 4) is 0 Å². The molecule has 0 saturated heterocycles. The molecule has 4 nitrogen and oxygen atoms in total. The molecule has 0 amide bonds. The zero-order valence-electron chi connectivity index (χ0n) is 17.6. The molecule has 0 spiro atoms. The topological polar surface area (TPSA) is 50.4 Å². The fourth-order valence-corrected chi connectivity index (χ4v) is 6.20. The minimum atomic E-state index is -0.282. The number of carbonyl (C=O) groups is 1. The van der Waals surface area contributed by atoms with Crippen molar-refractivity contribution >= 4 is 68.7 Å². The van der Waals surface area contributed by atoms with Crippen LogP contribution < -0.4 is 10.6 Å². The first kappa shape index (κ1) is 23.1. The van der Waals surface area contributed by atoms with Crippen LogP contribution in [0.15, 0.2) is 58.3 Å². The predicted octanol–water partition coefficient (Wildman–Crippen LogP) is 7.42. The van der Waals surface area contributed by atoms with Crippen LogP contribution >= 0.6 is 46.9 Å². The van der Waals surface area contributed by atoms with Crippen LogP contribution in [0, 0.1) is 0 Å². The van der Waals surface area contributed by atoms with E-state index in [0.717, 1.165) is 51.7 Å². The van der Waals surface area contributed by atoms with Gasteiger partial charge in [-0.25, -0.2) is 4.79 Å². The third-order valence-corrected chi connectivity index (χ3v) is 7.80. The van der Waals surface area contributed by atoms with E-state index in [1.165, 1.54) is 4.88 Å². The maximum atomic E-state index is 12.7. The quantitative estimate of drug-likeness (QED) is 0.270. The maximum absolute atomic E-state index is 12.7. The lowest BCUT2D eigenvalue weighted by Crippen LogP contribution is -2.21. The number of aryl methyl sites for hydroxylation is 1. The number of anilines is 2. The Labute approximate surface area is 206 Å². The molecule has 2 aromatic carbocycles. The Morgan fingerprint density at radius 3 is 2.66 bits per heavy atom. The van der Waals surface area contributed by atoms with E-state index in [9.17, 15) is 4.79 Å². The number of rotatable bonds is 6. The van der Waals surface area contributed by atoms with Gasteiger partial charge in [-0.1, -0.05) is 35.5 Å². The van der Waals surface area contributed by atoms with E-state index in [1.807, 2.05) is 55.5 Å². The number of hydrogen-bond acceptors (Lipinski definition) is 5. The third-order valence-electron chi connectivity index (χ3n) is 5.05. The van der Waals surface area contributed by atoms with Crippen LogP contribution in [0.5, 0.6) is 0 Å². The van der Waals surface area contributed by atoms with Gasteiger partial charge >= 0.3 is 5.97 Å². The lowest BCUT2D eigenvalue weighted by atomic mass is 9.95. The zero-order chi connectivity index (χ0) is 22.5. The van der Waals surface area contributed by atoms with Crippen molar-refractivity contribution in [1.29, 1.82) is 0 Å². The standard InChI is InChI=1S/C24H23ClN2O2S3/c1-2-29-23(28)21-17-7-3-5-9-19(17)32-22(21)27-24(30)26-18-8-4-6-10-20(18)31-16-13-11-15(25)12-14-16/h4,6,8,10-14H,2-3,5,7,9H2,1H3,(H2,26,27,30). The Bertz CT molecular complexity index is 1130. The Morgan fingerprint density at radius 1 is 1.12 bits per heavy atom. The van der Waals surface area contributed by atoms with E-state index in [1.54, 1.807) is 23.1 Å². The van der Waals surface area contributed by atoms with Crippen molar-refractivity contribution in [2.45, 2.75) is 42.4 Å². The van der Waals surface area contributed by atoms with Gasteiger partial charge in [0.05, 0.1) is 17.9 Å². The molecule has 1 aliphatic carbocycles. The highest BCUT2D eigenvalue weighted by Crippen LogP contribution is 2.39. The van der Waals surface area contributed by atoms with Crippen molar-refractivity contribution in [3.05, 3.63) is 69.6 Å². The van der Waals surface area contributed by atoms with E-state index in [-0.39, 0.29) is 5.97 Å². The van der Waals surface area contributed by atoms with Crippen molar-refractivity contribution in [1.82, 2.24) is 0 Å². The number of fused-ring (bicyclic) bond motifs is 1. The second-order valence-electron chi connectivity index (χ2n) is 7.27. The highest BCUT2D eigenvalue weighted by Gasteiger charge is 2.26. The van der Waals surface area contributed by atoms with Gasteiger partial charge in [-0.05, 0) is 86.8 Å². The van der Waals surface area contributed by atoms with Crippen molar-refractivity contribution in [2.24, 2.45) is 0 Å². The molecular weight excluding hydrogens is 480 g/mol. The molecule has 0 unspecified atom stereocenters. The number of halogens is 1. The SMILES string of the molecule is CCOC(=O)c1c(NC(=S)Nc2ccccc2Sc2ccc(Cl)cc2)sc2c1CCCC2. The average molecular weight is 503 g/mol. The summed E-state index contributed by atoms with van der Waals surface area (Å²) in [5.74, 6) is -0.282.